The highest BCUT2D eigenvalue weighted by Gasteiger charge is 2.29. The molecule has 8 rings (SSSR count). The van der Waals surface area contributed by atoms with Gasteiger partial charge in [-0.2, -0.15) is 43.9 Å². The number of rotatable bonds is 20. The first kappa shape index (κ1) is 65.6. The molecule has 88 heavy (non-hydrogen) atoms. The zero-order valence-corrected chi connectivity index (χ0v) is 51.9. The van der Waals surface area contributed by atoms with Gasteiger partial charge in [0.15, 0.2) is 21.7 Å². The van der Waals surface area contributed by atoms with Crippen LogP contribution in [0.15, 0.2) is 149 Å². The van der Waals surface area contributed by atoms with Crippen LogP contribution >= 0.6 is 24.4 Å². The summed E-state index contributed by atoms with van der Waals surface area (Å²) in [4.78, 5) is -1.71. The van der Waals surface area contributed by atoms with Gasteiger partial charge in [-0.15, -0.1) is 10.2 Å². The molecule has 462 valence electrons. The molecule has 32 heteroatoms. The van der Waals surface area contributed by atoms with E-state index in [0.29, 0.717) is 84.1 Å². The van der Waals surface area contributed by atoms with Crippen molar-refractivity contribution in [2.45, 2.75) is 47.3 Å². The molecule has 0 aromatic heterocycles. The van der Waals surface area contributed by atoms with Crippen LogP contribution in [0, 0.1) is 27.7 Å². The molecule has 0 fully saturated rings. The molecule has 0 saturated carbocycles. The van der Waals surface area contributed by atoms with E-state index in [1.165, 1.54) is 12.1 Å². The Hall–Kier alpha value is -8.38. The Morgan fingerprint density at radius 1 is 0.455 bits per heavy atom. The zero-order chi connectivity index (χ0) is 64.4. The highest BCUT2D eigenvalue weighted by molar-refractivity contribution is 7.87. The van der Waals surface area contributed by atoms with Crippen LogP contribution in [0.2, 0.25) is 0 Å². The maximum Gasteiger partial charge on any atom is 0.296 e. The topological polar surface area (TPSA) is 437 Å². The van der Waals surface area contributed by atoms with Gasteiger partial charge in [0.1, 0.15) is 31.0 Å². The third-order valence-electron chi connectivity index (χ3n) is 14.0. The number of nitrogens with two attached hydrogens (primary N) is 3. The molecule has 0 atom stereocenters. The van der Waals surface area contributed by atoms with E-state index in [1.54, 1.807) is 26.0 Å². The van der Waals surface area contributed by atoms with Crippen molar-refractivity contribution in [3.8, 4) is 33.8 Å². The lowest BCUT2D eigenvalue weighted by Gasteiger charge is -2.23. The first-order valence-corrected chi connectivity index (χ1v) is 32.7. The summed E-state index contributed by atoms with van der Waals surface area (Å²) in [5.74, 6) is -1.48. The molecule has 0 radical (unpaired) electrons. The number of hydrogen-bond acceptors (Lipinski definition) is 20. The van der Waals surface area contributed by atoms with Gasteiger partial charge in [0.25, 0.3) is 40.5 Å². The van der Waals surface area contributed by atoms with E-state index in [4.69, 9.17) is 41.6 Å². The summed E-state index contributed by atoms with van der Waals surface area (Å²) >= 11 is 11.3. The van der Waals surface area contributed by atoms with E-state index in [1.807, 2.05) is 74.5 Å². The maximum atomic E-state index is 12.1. The first-order valence-electron chi connectivity index (χ1n) is 26.1. The minimum Gasteiger partial charge on any atom is -0.505 e. The average molecular weight is 1320 g/mol. The minimum atomic E-state index is -5.08. The molecule has 16 N–H and O–H groups in total. The fourth-order valence-electron chi connectivity index (χ4n) is 9.51. The van der Waals surface area contributed by atoms with Crippen LogP contribution in [0.3, 0.4) is 0 Å². The molecule has 0 bridgehead atoms. The number of fused-ring (bicyclic) bond motifs is 2. The predicted molar refractivity (Wildman–Crippen MR) is 344 cm³/mol. The second-order valence-electron chi connectivity index (χ2n) is 20.0. The van der Waals surface area contributed by atoms with Crippen LogP contribution in [-0.4, -0.2) is 116 Å². The predicted octanol–water partition coefficient (Wildman–Crippen LogP) is 9.49. The second kappa shape index (κ2) is 26.1. The number of phenols is 2. The number of nitrogen functional groups attached to an aromatic ring is 2. The highest BCUT2D eigenvalue weighted by Crippen LogP contribution is 2.46. The van der Waals surface area contributed by atoms with E-state index in [-0.39, 0.29) is 22.1 Å². The molecule has 0 saturated heterocycles. The minimum absolute atomic E-state index is 0.208. The van der Waals surface area contributed by atoms with E-state index in [9.17, 15) is 62.1 Å². The van der Waals surface area contributed by atoms with Gasteiger partial charge in [0.2, 0.25) is 0 Å². The van der Waals surface area contributed by atoms with E-state index >= 15 is 0 Å². The lowest BCUT2D eigenvalue weighted by Crippen LogP contribution is -2.42. The Bertz CT molecular complexity index is 4410. The van der Waals surface area contributed by atoms with Gasteiger partial charge in [-0.25, -0.2) is 0 Å². The van der Waals surface area contributed by atoms with Crippen molar-refractivity contribution in [3.05, 3.63) is 131 Å². The number of nitrogens with zero attached hydrogens (tertiary/aromatic N) is 5. The molecule has 8 aromatic rings. The Kier molecular flexibility index (Phi) is 19.5. The lowest BCUT2D eigenvalue weighted by molar-refractivity contribution is 0.290. The van der Waals surface area contributed by atoms with Gasteiger partial charge in [-0.1, -0.05) is 36.4 Å². The summed E-state index contributed by atoms with van der Waals surface area (Å²) in [5.41, 5.74) is 25.3. The molecule has 0 unspecified atom stereocenters. The Balaban J connectivity index is 0.812. The van der Waals surface area contributed by atoms with Crippen molar-refractivity contribution >= 4 is 142 Å². The van der Waals surface area contributed by atoms with Gasteiger partial charge in [0.05, 0.1) is 33.5 Å². The largest absolute Gasteiger partial charge is 0.505 e. The standard InChI is InChI=1S/C56H58N12O14S6/c1-29-23-33(35-7-13-41(31(3)25-35)64-66-43-15-9-37-45(85(71,72)73)27-47(87(77,78)79)51(58)49(37)53(43)69)5-11-39(29)62-55(83)60-18-21-68(20-17-57)22-19-61-56(84)63-40-12-6-34(24-30(40)2)36-8-14-42(32(4)26-36)65-67-44-16-10-38-46(86(74,75)76)28-48(88(80,81)82)52(59)50(38)54(44)70/h5-16,23-28,69-70H,17-22,57-59H2,1-4H3,(H2,60,62,83)(H2,61,63,84)(H,71,72,73)(H,74,75,76)(H,77,78,79)(H,80,81,82)/b66-64+,67-65+. The third-order valence-corrected chi connectivity index (χ3v) is 18.0. The van der Waals surface area contributed by atoms with Gasteiger partial charge < -0.3 is 48.7 Å². The van der Waals surface area contributed by atoms with Gasteiger partial charge >= 0.3 is 0 Å². The number of nitrogens with one attached hydrogen (secondary N) is 4. The fourth-order valence-corrected chi connectivity index (χ4v) is 12.8. The van der Waals surface area contributed by atoms with Gasteiger partial charge in [-0.3, -0.25) is 23.1 Å². The number of benzene rings is 8. The number of azo groups is 2. The maximum absolute atomic E-state index is 12.1. The second-order valence-corrected chi connectivity index (χ2v) is 26.4. The van der Waals surface area contributed by atoms with Crippen molar-refractivity contribution in [2.24, 2.45) is 26.2 Å². The van der Waals surface area contributed by atoms with Crippen LogP contribution in [0.1, 0.15) is 22.3 Å². The fraction of sp³-hybridized carbons (Fsp3) is 0.179. The number of aryl methyl sites for hydroxylation is 4. The van der Waals surface area contributed by atoms with Crippen molar-refractivity contribution in [1.29, 1.82) is 0 Å². The molecule has 0 aliphatic heterocycles. The van der Waals surface area contributed by atoms with Crippen molar-refractivity contribution in [3.63, 3.8) is 0 Å². The SMILES string of the molecule is Cc1cc(-c2ccc(NC(=S)NCCN(CCN)CCNC(=S)Nc3ccc(-c4ccc(/N=N/c5ccc6c(S(=O)(=O)O)cc(S(=O)(=O)O)c(N)c6c5O)c(C)c4)cc3C)c(C)c2)ccc1/N=N/c1ccc2c(S(=O)(=O)O)cc(S(=O)(=O)O)c(N)c2c1O. The molecular weight excluding hydrogens is 1260 g/mol. The van der Waals surface area contributed by atoms with Crippen LogP contribution in [0.5, 0.6) is 11.5 Å². The molecule has 26 nitrogen and oxygen atoms in total. The average Bonchev–Trinajstić information content (AvgIpc) is 1.04. The lowest BCUT2D eigenvalue weighted by atomic mass is 10.00. The Morgan fingerprint density at radius 3 is 1.09 bits per heavy atom. The van der Waals surface area contributed by atoms with Crippen molar-refractivity contribution < 1.29 is 62.1 Å². The van der Waals surface area contributed by atoms with Gasteiger partial charge in [-0.05, 0) is 169 Å². The summed E-state index contributed by atoms with van der Waals surface area (Å²) in [7, 11) is -20.2. The van der Waals surface area contributed by atoms with Crippen LogP contribution in [0.25, 0.3) is 43.8 Å². The normalized spacial score (nSPS) is 12.4. The quantitative estimate of drug-likeness (QED) is 0.0146. The number of thiocarbonyl (C=S) groups is 2. The van der Waals surface area contributed by atoms with Crippen LogP contribution in [-0.2, 0) is 40.5 Å². The first-order chi connectivity index (χ1) is 41.2. The summed E-state index contributed by atoms with van der Waals surface area (Å²) in [6, 6.07) is 28.2. The molecule has 0 aliphatic rings. The van der Waals surface area contributed by atoms with E-state index < -0.39 is 93.7 Å². The smallest absolute Gasteiger partial charge is 0.296 e. The summed E-state index contributed by atoms with van der Waals surface area (Å²) in [5, 5.41) is 51.1. The zero-order valence-electron chi connectivity index (χ0n) is 47.0. The number of anilines is 4. The Labute approximate surface area is 516 Å². The molecule has 0 amide bonds. The van der Waals surface area contributed by atoms with Crippen molar-refractivity contribution in [1.82, 2.24) is 15.5 Å². The Morgan fingerprint density at radius 2 is 0.773 bits per heavy atom. The molecule has 0 heterocycles. The van der Waals surface area contributed by atoms with Crippen molar-refractivity contribution in [2.75, 3.05) is 61.4 Å². The molecule has 8 aromatic carbocycles. The number of aromatic hydroxyl groups is 2. The number of hydrogen-bond donors (Lipinski definition) is 13. The van der Waals surface area contributed by atoms with Crippen LogP contribution < -0.4 is 38.5 Å². The van der Waals surface area contributed by atoms with Crippen LogP contribution in [0.4, 0.5) is 45.5 Å². The summed E-state index contributed by atoms with van der Waals surface area (Å²) in [6.45, 7) is 10.8. The number of phenolic OH excluding ortho intramolecular Hbond substituents is 2. The monoisotopic (exact) mass is 1310 g/mol. The van der Waals surface area contributed by atoms with Gasteiger partial charge in [0, 0.05) is 61.4 Å². The summed E-state index contributed by atoms with van der Waals surface area (Å²) in [6.07, 6.45) is 0. The van der Waals surface area contributed by atoms with E-state index in [2.05, 4.69) is 46.6 Å². The summed E-state index contributed by atoms with van der Waals surface area (Å²) < 4.78 is 135. The van der Waals surface area contributed by atoms with E-state index in [0.717, 1.165) is 56.9 Å². The molecule has 0 spiro atoms. The third kappa shape index (κ3) is 14.9. The highest BCUT2D eigenvalue weighted by atomic mass is 32.2. The molecule has 0 aliphatic carbocycles. The molecular formula is C56H58N12O14S6.